The number of carboxylic acids is 1. The van der Waals surface area contributed by atoms with Crippen molar-refractivity contribution < 1.29 is 19.7 Å². The summed E-state index contributed by atoms with van der Waals surface area (Å²) in [4.78, 5) is 30.9. The maximum absolute atomic E-state index is 10.9. The summed E-state index contributed by atoms with van der Waals surface area (Å²) in [6.45, 7) is 3.02. The van der Waals surface area contributed by atoms with Crippen molar-refractivity contribution in [3.05, 3.63) is 38.4 Å². The number of aliphatic carboxylic acids is 1. The highest BCUT2D eigenvalue weighted by atomic mass is 16.6. The van der Waals surface area contributed by atoms with Crippen LogP contribution in [0.2, 0.25) is 0 Å². The molecule has 0 unspecified atom stereocenters. The van der Waals surface area contributed by atoms with Crippen LogP contribution in [-0.2, 0) is 4.79 Å². The number of nitro benzene ring substituents is 2. The van der Waals surface area contributed by atoms with E-state index in [1.807, 2.05) is 0 Å². The third-order valence-corrected chi connectivity index (χ3v) is 2.85. The van der Waals surface area contributed by atoms with E-state index in [0.717, 1.165) is 18.2 Å². The van der Waals surface area contributed by atoms with E-state index in [-0.39, 0.29) is 12.1 Å². The predicted octanol–water partition coefficient (Wildman–Crippen LogP) is 2.40. The molecule has 0 heterocycles. The highest BCUT2D eigenvalue weighted by molar-refractivity contribution is 5.78. The number of carboxylic acid groups (broad SMARTS) is 1. The number of hydrogen-bond acceptors (Lipinski definition) is 7. The molecule has 10 heteroatoms. The Morgan fingerprint density at radius 3 is 2.50 bits per heavy atom. The van der Waals surface area contributed by atoms with E-state index in [0.29, 0.717) is 0 Å². The van der Waals surface area contributed by atoms with Crippen LogP contribution < -0.4 is 5.43 Å². The maximum atomic E-state index is 10.9. The zero-order valence-corrected chi connectivity index (χ0v) is 11.8. The molecule has 0 saturated carbocycles. The Morgan fingerprint density at radius 2 is 2.00 bits per heavy atom. The maximum Gasteiger partial charge on any atom is 0.309 e. The Balaban J connectivity index is 2.88. The van der Waals surface area contributed by atoms with Crippen LogP contribution in [0.3, 0.4) is 0 Å². The number of anilines is 1. The lowest BCUT2D eigenvalue weighted by Gasteiger charge is -2.15. The molecule has 0 spiro atoms. The van der Waals surface area contributed by atoms with Gasteiger partial charge in [-0.25, -0.2) is 0 Å². The highest BCUT2D eigenvalue weighted by Crippen LogP contribution is 2.29. The molecule has 0 aliphatic heterocycles. The average molecular weight is 310 g/mol. The minimum Gasteiger partial charge on any atom is -0.481 e. The van der Waals surface area contributed by atoms with E-state index in [1.165, 1.54) is 20.1 Å². The quantitative estimate of drug-likeness (QED) is 0.446. The fourth-order valence-corrected chi connectivity index (χ4v) is 1.36. The van der Waals surface area contributed by atoms with Crippen LogP contribution in [0.5, 0.6) is 0 Å². The SMILES string of the molecule is CC(C)(CC=NNc1ccc([N+](=O)[O-])cc1[N+](=O)[O-])C(=O)O. The van der Waals surface area contributed by atoms with E-state index < -0.39 is 32.6 Å². The van der Waals surface area contributed by atoms with Gasteiger partial charge in [-0.1, -0.05) is 0 Å². The van der Waals surface area contributed by atoms with Crippen LogP contribution in [-0.4, -0.2) is 27.1 Å². The molecular formula is C12H14N4O6. The number of nitrogens with zero attached hydrogens (tertiary/aromatic N) is 3. The van der Waals surface area contributed by atoms with Crippen LogP contribution >= 0.6 is 0 Å². The van der Waals surface area contributed by atoms with E-state index in [2.05, 4.69) is 10.5 Å². The number of carbonyl (C=O) groups is 1. The summed E-state index contributed by atoms with van der Waals surface area (Å²) in [5.74, 6) is -1.000. The van der Waals surface area contributed by atoms with Crippen LogP contribution in [0.1, 0.15) is 20.3 Å². The lowest BCUT2D eigenvalue weighted by molar-refractivity contribution is -0.393. The zero-order valence-electron chi connectivity index (χ0n) is 11.8. The number of non-ortho nitro benzene ring substituents is 1. The molecule has 0 bridgehead atoms. The number of nitrogens with one attached hydrogen (secondary N) is 1. The first-order valence-electron chi connectivity index (χ1n) is 6.09. The van der Waals surface area contributed by atoms with Crippen molar-refractivity contribution in [2.75, 3.05) is 5.43 Å². The molecule has 118 valence electrons. The molecule has 1 rings (SSSR count). The Labute approximate surface area is 124 Å². The molecule has 0 aromatic heterocycles. The number of benzene rings is 1. The summed E-state index contributed by atoms with van der Waals surface area (Å²) in [5.41, 5.74) is 0.430. The van der Waals surface area contributed by atoms with Gasteiger partial charge in [0.25, 0.3) is 5.69 Å². The minimum absolute atomic E-state index is 0.0278. The first-order chi connectivity index (χ1) is 10.1. The van der Waals surface area contributed by atoms with Gasteiger partial charge in [-0.2, -0.15) is 5.10 Å². The lowest BCUT2D eigenvalue weighted by atomic mass is 9.90. The average Bonchev–Trinajstić information content (AvgIpc) is 2.43. The van der Waals surface area contributed by atoms with Gasteiger partial charge in [0, 0.05) is 18.7 Å². The molecule has 0 fully saturated rings. The highest BCUT2D eigenvalue weighted by Gasteiger charge is 2.25. The van der Waals surface area contributed by atoms with Crippen molar-refractivity contribution >= 4 is 29.2 Å². The summed E-state index contributed by atoms with van der Waals surface area (Å²) in [5, 5.41) is 34.1. The van der Waals surface area contributed by atoms with Crippen molar-refractivity contribution in [2.45, 2.75) is 20.3 Å². The molecule has 0 radical (unpaired) electrons. The third-order valence-electron chi connectivity index (χ3n) is 2.85. The predicted molar refractivity (Wildman–Crippen MR) is 77.9 cm³/mol. The number of rotatable bonds is 7. The van der Waals surface area contributed by atoms with E-state index in [9.17, 15) is 25.0 Å². The van der Waals surface area contributed by atoms with E-state index >= 15 is 0 Å². The molecule has 0 saturated heterocycles. The molecular weight excluding hydrogens is 296 g/mol. The minimum atomic E-state index is -1.02. The Kier molecular flexibility index (Phi) is 5.11. The largest absolute Gasteiger partial charge is 0.481 e. The monoisotopic (exact) mass is 310 g/mol. The summed E-state index contributed by atoms with van der Waals surface area (Å²) < 4.78 is 0. The molecule has 10 nitrogen and oxygen atoms in total. The fourth-order valence-electron chi connectivity index (χ4n) is 1.36. The van der Waals surface area contributed by atoms with Gasteiger partial charge in [-0.3, -0.25) is 30.4 Å². The molecule has 0 atom stereocenters. The van der Waals surface area contributed by atoms with Crippen molar-refractivity contribution in [3.8, 4) is 0 Å². The summed E-state index contributed by atoms with van der Waals surface area (Å²) in [6, 6.07) is 3.08. The summed E-state index contributed by atoms with van der Waals surface area (Å²) in [7, 11) is 0. The normalized spacial score (nSPS) is 11.4. The van der Waals surface area contributed by atoms with Crippen LogP contribution in [0.25, 0.3) is 0 Å². The van der Waals surface area contributed by atoms with Gasteiger partial charge >= 0.3 is 11.7 Å². The number of nitro groups is 2. The first kappa shape index (κ1) is 17.0. The second kappa shape index (κ2) is 6.61. The topological polar surface area (TPSA) is 148 Å². The summed E-state index contributed by atoms with van der Waals surface area (Å²) in [6.07, 6.45) is 1.38. The van der Waals surface area contributed by atoms with Gasteiger partial charge in [0.05, 0.1) is 21.3 Å². The molecule has 1 aromatic rings. The Morgan fingerprint density at radius 1 is 1.36 bits per heavy atom. The molecule has 1 aromatic carbocycles. The van der Waals surface area contributed by atoms with Crippen LogP contribution in [0, 0.1) is 25.6 Å². The molecule has 0 aliphatic rings. The van der Waals surface area contributed by atoms with Gasteiger partial charge in [-0.15, -0.1) is 0 Å². The zero-order chi connectivity index (χ0) is 16.9. The second-order valence-electron chi connectivity index (χ2n) is 5.03. The Bertz CT molecular complexity index is 641. The number of hydrogen-bond donors (Lipinski definition) is 2. The standard InChI is InChI=1S/C12H14N4O6/c1-12(2,11(17)18)5-6-13-14-9-4-3-8(15(19)20)7-10(9)16(21)22/h3-4,6-7,14H,5H2,1-2H3,(H,17,18). The lowest BCUT2D eigenvalue weighted by Crippen LogP contribution is -2.23. The first-order valence-corrected chi connectivity index (χ1v) is 6.09. The van der Waals surface area contributed by atoms with Gasteiger partial charge in [0.2, 0.25) is 0 Å². The van der Waals surface area contributed by atoms with Gasteiger partial charge in [0.1, 0.15) is 5.69 Å². The van der Waals surface area contributed by atoms with Crippen LogP contribution in [0.15, 0.2) is 23.3 Å². The van der Waals surface area contributed by atoms with Crippen molar-refractivity contribution in [1.29, 1.82) is 0 Å². The van der Waals surface area contributed by atoms with Gasteiger partial charge < -0.3 is 5.11 Å². The second-order valence-corrected chi connectivity index (χ2v) is 5.03. The van der Waals surface area contributed by atoms with Crippen LogP contribution in [0.4, 0.5) is 17.1 Å². The molecule has 22 heavy (non-hydrogen) atoms. The van der Waals surface area contributed by atoms with Gasteiger partial charge in [0.15, 0.2) is 0 Å². The Hall–Kier alpha value is -3.04. The summed E-state index contributed by atoms with van der Waals surface area (Å²) >= 11 is 0. The van der Waals surface area contributed by atoms with Crippen molar-refractivity contribution in [3.63, 3.8) is 0 Å². The molecule has 0 amide bonds. The third kappa shape index (κ3) is 4.23. The fraction of sp³-hybridized carbons (Fsp3) is 0.333. The van der Waals surface area contributed by atoms with Crippen molar-refractivity contribution in [1.82, 2.24) is 0 Å². The van der Waals surface area contributed by atoms with Gasteiger partial charge in [-0.05, 0) is 19.9 Å². The van der Waals surface area contributed by atoms with E-state index in [4.69, 9.17) is 5.11 Å². The molecule has 2 N–H and O–H groups in total. The van der Waals surface area contributed by atoms with Crippen molar-refractivity contribution in [2.24, 2.45) is 10.5 Å². The van der Waals surface area contributed by atoms with E-state index in [1.54, 1.807) is 0 Å². The smallest absolute Gasteiger partial charge is 0.309 e. The number of hydrazone groups is 1. The molecule has 0 aliphatic carbocycles.